The summed E-state index contributed by atoms with van der Waals surface area (Å²) in [6.07, 6.45) is 2.44. The predicted octanol–water partition coefficient (Wildman–Crippen LogP) is 4.05. The summed E-state index contributed by atoms with van der Waals surface area (Å²) in [5.74, 6) is 0.289. The average molecular weight is 426 g/mol. The number of carbonyl (C=O) groups is 1. The number of nitrogens with one attached hydrogen (secondary N) is 1. The van der Waals surface area contributed by atoms with E-state index >= 15 is 0 Å². The van der Waals surface area contributed by atoms with E-state index in [1.165, 1.54) is 6.26 Å². The van der Waals surface area contributed by atoms with Crippen LogP contribution in [-0.2, 0) is 27.1 Å². The molecule has 2 N–H and O–H groups in total. The van der Waals surface area contributed by atoms with Crippen molar-refractivity contribution < 1.29 is 24.1 Å². The van der Waals surface area contributed by atoms with Gasteiger partial charge in [0, 0.05) is 23.9 Å². The summed E-state index contributed by atoms with van der Waals surface area (Å²) >= 11 is 1.57. The Morgan fingerprint density at radius 3 is 3.03 bits per heavy atom. The molecule has 4 rings (SSSR count). The third kappa shape index (κ3) is 4.49. The van der Waals surface area contributed by atoms with Crippen LogP contribution in [0.3, 0.4) is 0 Å². The van der Waals surface area contributed by atoms with Crippen molar-refractivity contribution >= 4 is 33.2 Å². The number of benzene rings is 1. The number of pyridine rings is 1. The lowest BCUT2D eigenvalue weighted by molar-refractivity contribution is -0.141. The average Bonchev–Trinajstić information content (AvgIpc) is 3.42. The Morgan fingerprint density at radius 2 is 2.27 bits per heavy atom. The van der Waals surface area contributed by atoms with Crippen molar-refractivity contribution in [3.05, 3.63) is 65.1 Å². The molecule has 30 heavy (non-hydrogen) atoms. The highest BCUT2D eigenvalue weighted by molar-refractivity contribution is 7.17. The molecule has 7 nitrogen and oxygen atoms in total. The van der Waals surface area contributed by atoms with Crippen LogP contribution >= 0.6 is 11.3 Å². The van der Waals surface area contributed by atoms with Crippen molar-refractivity contribution in [3.8, 4) is 5.75 Å². The van der Waals surface area contributed by atoms with Crippen LogP contribution < -0.4 is 10.1 Å². The van der Waals surface area contributed by atoms with Crippen LogP contribution in [0, 0.1) is 5.92 Å². The summed E-state index contributed by atoms with van der Waals surface area (Å²) < 4.78 is 17.3. The summed E-state index contributed by atoms with van der Waals surface area (Å²) in [5, 5.41) is 15.6. The van der Waals surface area contributed by atoms with Crippen LogP contribution in [0.15, 0.2) is 53.8 Å². The molecule has 3 aromatic rings. The third-order valence-corrected chi connectivity index (χ3v) is 5.87. The molecule has 1 aliphatic rings. The van der Waals surface area contributed by atoms with E-state index in [0.29, 0.717) is 25.2 Å². The summed E-state index contributed by atoms with van der Waals surface area (Å²) in [5.41, 5.74) is 1.94. The fourth-order valence-corrected chi connectivity index (χ4v) is 4.31. The van der Waals surface area contributed by atoms with Gasteiger partial charge in [0.2, 0.25) is 6.79 Å². The normalized spacial score (nSPS) is 14.0. The molecule has 0 radical (unpaired) electrons. The Kier molecular flexibility index (Phi) is 6.04. The predicted molar refractivity (Wildman–Crippen MR) is 115 cm³/mol. The number of nitrogens with zero attached hydrogens (tertiary/aromatic N) is 1. The molecule has 1 aromatic carbocycles. The van der Waals surface area contributed by atoms with Gasteiger partial charge in [0.25, 0.3) is 0 Å². The largest absolute Gasteiger partial charge is 0.493 e. The molecular formula is C22H22N2O5S. The number of carboxylic acids is 1. The van der Waals surface area contributed by atoms with Gasteiger partial charge in [0.1, 0.15) is 29.5 Å². The first-order valence-electron chi connectivity index (χ1n) is 9.58. The van der Waals surface area contributed by atoms with E-state index in [9.17, 15) is 9.90 Å². The number of hydrogen-bond donors (Lipinski definition) is 2. The molecule has 8 heteroatoms. The van der Waals surface area contributed by atoms with Crippen LogP contribution in [0.25, 0.3) is 10.1 Å². The van der Waals surface area contributed by atoms with Crippen molar-refractivity contribution in [2.75, 3.05) is 25.8 Å². The molecule has 1 unspecified atom stereocenters. The minimum Gasteiger partial charge on any atom is -0.493 e. The van der Waals surface area contributed by atoms with E-state index < -0.39 is 11.9 Å². The number of hydrogen-bond acceptors (Lipinski definition) is 7. The molecule has 3 heterocycles. The molecule has 0 saturated heterocycles. The van der Waals surface area contributed by atoms with Crippen LogP contribution in [0.1, 0.15) is 11.3 Å². The van der Waals surface area contributed by atoms with Gasteiger partial charge in [0.15, 0.2) is 0 Å². The Balaban J connectivity index is 1.42. The summed E-state index contributed by atoms with van der Waals surface area (Å²) in [4.78, 5) is 16.2. The van der Waals surface area contributed by atoms with Crippen LogP contribution in [0.5, 0.6) is 5.75 Å². The molecule has 0 spiro atoms. The fraction of sp³-hybridized carbons (Fsp3) is 0.273. The van der Waals surface area contributed by atoms with Gasteiger partial charge in [-0.3, -0.25) is 4.79 Å². The van der Waals surface area contributed by atoms with Gasteiger partial charge in [-0.25, -0.2) is 4.98 Å². The fourth-order valence-electron chi connectivity index (χ4n) is 3.31. The maximum Gasteiger partial charge on any atom is 0.314 e. The summed E-state index contributed by atoms with van der Waals surface area (Å²) in [6, 6.07) is 11.8. The van der Waals surface area contributed by atoms with Crippen molar-refractivity contribution in [2.45, 2.75) is 12.8 Å². The number of rotatable bonds is 9. The Hall–Kier alpha value is -3.26. The van der Waals surface area contributed by atoms with Crippen molar-refractivity contribution in [2.24, 2.45) is 5.92 Å². The lowest BCUT2D eigenvalue weighted by Crippen LogP contribution is -2.19. The molecule has 0 aliphatic carbocycles. The zero-order valence-electron chi connectivity index (χ0n) is 16.5. The quantitative estimate of drug-likeness (QED) is 0.533. The second-order valence-electron chi connectivity index (χ2n) is 6.83. The van der Waals surface area contributed by atoms with Gasteiger partial charge in [-0.05, 0) is 53.1 Å². The first-order chi connectivity index (χ1) is 14.6. The number of ether oxygens (including phenoxy) is 3. The smallest absolute Gasteiger partial charge is 0.314 e. The molecule has 0 amide bonds. The number of aliphatic carboxylic acids is 1. The lowest BCUT2D eigenvalue weighted by Gasteiger charge is -2.12. The van der Waals surface area contributed by atoms with Crippen LogP contribution in [0.4, 0.5) is 5.82 Å². The van der Waals surface area contributed by atoms with Gasteiger partial charge in [-0.1, -0.05) is 6.07 Å². The van der Waals surface area contributed by atoms with E-state index in [0.717, 1.165) is 32.9 Å². The highest BCUT2D eigenvalue weighted by Gasteiger charge is 2.28. The first kappa shape index (κ1) is 20.0. The van der Waals surface area contributed by atoms with Gasteiger partial charge < -0.3 is 24.6 Å². The van der Waals surface area contributed by atoms with Gasteiger partial charge in [0.05, 0.1) is 6.61 Å². The molecular weight excluding hydrogens is 404 g/mol. The summed E-state index contributed by atoms with van der Waals surface area (Å²) in [6.45, 7) is 0.593. The van der Waals surface area contributed by atoms with Crippen molar-refractivity contribution in [1.29, 1.82) is 0 Å². The molecule has 156 valence electrons. The van der Waals surface area contributed by atoms with Crippen LogP contribution in [0.2, 0.25) is 0 Å². The van der Waals surface area contributed by atoms with E-state index in [1.54, 1.807) is 11.3 Å². The number of aromatic nitrogens is 1. The topological polar surface area (TPSA) is 89.9 Å². The zero-order valence-corrected chi connectivity index (χ0v) is 17.3. The molecule has 1 aliphatic heterocycles. The second kappa shape index (κ2) is 9.04. The number of fused-ring (bicyclic) bond motifs is 1. The number of thiophene rings is 1. The van der Waals surface area contributed by atoms with Gasteiger partial charge in [-0.15, -0.1) is 11.3 Å². The highest BCUT2D eigenvalue weighted by atomic mass is 32.1. The monoisotopic (exact) mass is 426 g/mol. The Bertz CT molecular complexity index is 1080. The van der Waals surface area contributed by atoms with E-state index in [-0.39, 0.29) is 6.79 Å². The van der Waals surface area contributed by atoms with Crippen molar-refractivity contribution in [3.63, 3.8) is 0 Å². The Morgan fingerprint density at radius 1 is 1.37 bits per heavy atom. The van der Waals surface area contributed by atoms with Gasteiger partial charge >= 0.3 is 5.97 Å². The zero-order chi connectivity index (χ0) is 20.9. The Labute approximate surface area is 177 Å². The van der Waals surface area contributed by atoms with E-state index in [2.05, 4.69) is 10.3 Å². The number of carboxylic acid groups (broad SMARTS) is 1. The first-order valence-corrected chi connectivity index (χ1v) is 10.5. The minimum atomic E-state index is -0.929. The van der Waals surface area contributed by atoms with Gasteiger partial charge in [-0.2, -0.15) is 0 Å². The SMILES string of the molecule is CNc1cccc(CCOc2ccc3c(CC(C(=O)O)C4=COCO4)csc3c2)n1. The van der Waals surface area contributed by atoms with E-state index in [4.69, 9.17) is 14.2 Å². The molecule has 0 fully saturated rings. The second-order valence-corrected chi connectivity index (χ2v) is 7.74. The summed E-state index contributed by atoms with van der Waals surface area (Å²) in [7, 11) is 1.84. The van der Waals surface area contributed by atoms with Crippen LogP contribution in [-0.4, -0.2) is 36.5 Å². The minimum absolute atomic E-state index is 0.0684. The van der Waals surface area contributed by atoms with Crippen molar-refractivity contribution in [1.82, 2.24) is 4.98 Å². The molecule has 0 saturated carbocycles. The molecule has 0 bridgehead atoms. The molecule has 1 atom stereocenters. The highest BCUT2D eigenvalue weighted by Crippen LogP contribution is 2.33. The number of anilines is 1. The maximum absolute atomic E-state index is 11.7. The standard InChI is InChI=1S/C22H22N2O5S/c1-23-21-4-2-3-15(24-21)7-8-28-16-5-6-17-14(12-30-20(17)10-16)9-18(22(25)26)19-11-27-13-29-19/h2-6,10-12,18H,7-9,13H2,1H3,(H,23,24)(H,25,26). The maximum atomic E-state index is 11.7. The lowest BCUT2D eigenvalue weighted by atomic mass is 9.97. The third-order valence-electron chi connectivity index (χ3n) is 4.88. The van der Waals surface area contributed by atoms with E-state index in [1.807, 2.05) is 48.8 Å². The molecule has 2 aromatic heterocycles.